The van der Waals surface area contributed by atoms with Gasteiger partial charge in [0.15, 0.2) is 11.9 Å². The van der Waals surface area contributed by atoms with Gasteiger partial charge in [0.05, 0.1) is 0 Å². The van der Waals surface area contributed by atoms with Gasteiger partial charge in [-0.2, -0.15) is 0 Å². The Morgan fingerprint density at radius 3 is 2.53 bits per heavy atom. The lowest BCUT2D eigenvalue weighted by atomic mass is 9.84. The molecule has 1 amide bonds. The Morgan fingerprint density at radius 2 is 1.97 bits per heavy atom. The molecule has 1 aliphatic heterocycles. The summed E-state index contributed by atoms with van der Waals surface area (Å²) in [6, 6.07) is -1.09. The van der Waals surface area contributed by atoms with Gasteiger partial charge in [-0.1, -0.05) is 0 Å². The second-order valence-corrected chi connectivity index (χ2v) is 9.18. The average molecular weight is 459 g/mol. The first kappa shape index (κ1) is 25.5. The minimum absolute atomic E-state index is 0.139. The molecule has 180 valence electrons. The monoisotopic (exact) mass is 459 g/mol. The van der Waals surface area contributed by atoms with Crippen LogP contribution in [0.3, 0.4) is 0 Å². The van der Waals surface area contributed by atoms with E-state index in [4.69, 9.17) is 14.2 Å². The molecule has 2 rings (SSSR count). The van der Waals surface area contributed by atoms with Crippen molar-refractivity contribution in [2.75, 3.05) is 6.61 Å². The zero-order valence-electron chi connectivity index (χ0n) is 19.1. The molecule has 1 saturated heterocycles. The van der Waals surface area contributed by atoms with Crippen LogP contribution in [0.2, 0.25) is 0 Å². The minimum atomic E-state index is -2.49. The molecule has 1 unspecified atom stereocenters. The van der Waals surface area contributed by atoms with Crippen LogP contribution in [0.15, 0.2) is 15.8 Å². The lowest BCUT2D eigenvalue weighted by Crippen LogP contribution is -2.53. The molecule has 0 saturated carbocycles. The fourth-order valence-corrected chi connectivity index (χ4v) is 3.10. The van der Waals surface area contributed by atoms with E-state index in [0.29, 0.717) is 0 Å². The van der Waals surface area contributed by atoms with Crippen LogP contribution in [-0.4, -0.2) is 62.3 Å². The van der Waals surface area contributed by atoms with Gasteiger partial charge in [0, 0.05) is 11.8 Å². The summed E-state index contributed by atoms with van der Waals surface area (Å²) in [5.41, 5.74) is -6.82. The molecule has 3 N–H and O–H groups in total. The molecule has 0 aliphatic carbocycles. The number of H-pyrrole nitrogens is 1. The van der Waals surface area contributed by atoms with E-state index in [0.717, 1.165) is 24.6 Å². The molecular formula is C20H30FN3O8. The molecular weight excluding hydrogens is 429 g/mol. The van der Waals surface area contributed by atoms with Crippen molar-refractivity contribution >= 4 is 12.1 Å². The molecule has 1 aliphatic rings. The number of hydrogen-bond donors (Lipinski definition) is 3. The summed E-state index contributed by atoms with van der Waals surface area (Å²) in [5, 5.41) is 13.1. The van der Waals surface area contributed by atoms with Crippen molar-refractivity contribution in [2.24, 2.45) is 0 Å². The third-order valence-electron chi connectivity index (χ3n) is 5.24. The highest BCUT2D eigenvalue weighted by atomic mass is 19.1. The lowest BCUT2D eigenvalue weighted by Gasteiger charge is -2.33. The largest absolute Gasteiger partial charge is 0.461 e. The molecule has 32 heavy (non-hydrogen) atoms. The number of aliphatic hydroxyl groups is 1. The Bertz CT molecular complexity index is 992. The molecule has 12 heteroatoms. The number of aromatic nitrogens is 2. The van der Waals surface area contributed by atoms with Crippen LogP contribution < -0.4 is 16.6 Å². The van der Waals surface area contributed by atoms with Gasteiger partial charge in [-0.05, 0) is 48.5 Å². The van der Waals surface area contributed by atoms with Gasteiger partial charge in [0.1, 0.15) is 30.0 Å². The summed E-state index contributed by atoms with van der Waals surface area (Å²) in [4.78, 5) is 49.9. The summed E-state index contributed by atoms with van der Waals surface area (Å²) < 4.78 is 32.1. The molecule has 0 radical (unpaired) electrons. The number of nitrogens with zero attached hydrogens (tertiary/aromatic N) is 1. The predicted molar refractivity (Wildman–Crippen MR) is 110 cm³/mol. The van der Waals surface area contributed by atoms with Crippen LogP contribution in [0.5, 0.6) is 0 Å². The fourth-order valence-electron chi connectivity index (χ4n) is 3.10. The number of hydrogen-bond acceptors (Lipinski definition) is 8. The number of nitrogens with one attached hydrogen (secondary N) is 2. The first-order valence-corrected chi connectivity index (χ1v) is 10.0. The quantitative estimate of drug-likeness (QED) is 0.544. The van der Waals surface area contributed by atoms with Crippen LogP contribution in [0.25, 0.3) is 0 Å². The van der Waals surface area contributed by atoms with E-state index < -0.39 is 65.2 Å². The zero-order valence-corrected chi connectivity index (χ0v) is 19.1. The smallest absolute Gasteiger partial charge is 0.408 e. The number of carbonyl (C=O) groups excluding carboxylic acids is 2. The van der Waals surface area contributed by atoms with Crippen LogP contribution >= 0.6 is 0 Å². The maximum absolute atomic E-state index is 15.6. The van der Waals surface area contributed by atoms with Crippen molar-refractivity contribution in [1.82, 2.24) is 14.9 Å². The van der Waals surface area contributed by atoms with Crippen molar-refractivity contribution in [3.05, 3.63) is 32.6 Å². The molecule has 0 spiro atoms. The topological polar surface area (TPSA) is 149 Å². The number of ether oxygens (including phenoxy) is 3. The van der Waals surface area contributed by atoms with Crippen molar-refractivity contribution < 1.29 is 33.3 Å². The number of rotatable bonds is 5. The van der Waals surface area contributed by atoms with E-state index in [-0.39, 0.29) is 5.56 Å². The molecule has 0 bridgehead atoms. The summed E-state index contributed by atoms with van der Waals surface area (Å²) in [6.45, 7) is 9.41. The van der Waals surface area contributed by atoms with Gasteiger partial charge in [-0.3, -0.25) is 14.3 Å². The minimum Gasteiger partial charge on any atom is -0.461 e. The summed E-state index contributed by atoms with van der Waals surface area (Å²) in [7, 11) is 0. The van der Waals surface area contributed by atoms with Crippen LogP contribution in [-0.2, 0) is 19.0 Å². The van der Waals surface area contributed by atoms with E-state index in [9.17, 15) is 24.3 Å². The normalized spacial score (nSPS) is 28.8. The molecule has 0 aromatic carbocycles. The first-order chi connectivity index (χ1) is 14.5. The number of esters is 1. The Kier molecular flexibility index (Phi) is 6.91. The summed E-state index contributed by atoms with van der Waals surface area (Å²) in [6.07, 6.45) is -2.64. The van der Waals surface area contributed by atoms with Gasteiger partial charge in [0.2, 0.25) is 0 Å². The Balaban J connectivity index is 2.12. The number of aromatic amines is 1. The van der Waals surface area contributed by atoms with Crippen molar-refractivity contribution in [2.45, 2.75) is 83.7 Å². The second-order valence-electron chi connectivity index (χ2n) is 9.18. The number of halogens is 1. The first-order valence-electron chi connectivity index (χ1n) is 10.0. The Morgan fingerprint density at radius 1 is 1.38 bits per heavy atom. The second kappa shape index (κ2) is 8.66. The molecule has 1 fully saturated rings. The fraction of sp³-hybridized carbons (Fsp3) is 0.700. The number of aryl methyl sites for hydroxylation is 1. The average Bonchev–Trinajstić information content (AvgIpc) is 2.79. The van der Waals surface area contributed by atoms with Crippen LogP contribution in [0.1, 0.15) is 53.3 Å². The zero-order chi connectivity index (χ0) is 24.6. The van der Waals surface area contributed by atoms with Crippen molar-refractivity contribution in [3.8, 4) is 0 Å². The maximum Gasteiger partial charge on any atom is 0.408 e. The van der Waals surface area contributed by atoms with Gasteiger partial charge in [-0.15, -0.1) is 0 Å². The Labute approximate surface area is 183 Å². The van der Waals surface area contributed by atoms with E-state index >= 15 is 4.39 Å². The van der Waals surface area contributed by atoms with Gasteiger partial charge in [0.25, 0.3) is 5.56 Å². The van der Waals surface area contributed by atoms with E-state index in [2.05, 4.69) is 5.32 Å². The maximum atomic E-state index is 15.6. The van der Waals surface area contributed by atoms with Crippen LogP contribution in [0.4, 0.5) is 9.18 Å². The number of carbonyl (C=O) groups is 2. The standard InChI is InChI=1S/C20H30FN3O8/c1-10-8-24(16(27)23-13(10)25)15-19(6,21)20(7,29)12(31-15)9-30-14(26)11(2)22-17(28)32-18(3,4)5/h8,11-12,15,29H,9H2,1-7H3,(H,22,28)(H,23,25,27)/t11?,12-,15+,19+,20+/m1/s1. The third-order valence-corrected chi connectivity index (χ3v) is 5.24. The summed E-state index contributed by atoms with van der Waals surface area (Å²) in [5.74, 6) is -0.865. The van der Waals surface area contributed by atoms with E-state index in [1.807, 2.05) is 4.98 Å². The molecule has 1 aromatic heterocycles. The van der Waals surface area contributed by atoms with Gasteiger partial charge < -0.3 is 24.6 Å². The molecule has 2 heterocycles. The lowest BCUT2D eigenvalue weighted by molar-refractivity contribution is -0.155. The number of amides is 1. The van der Waals surface area contributed by atoms with Crippen molar-refractivity contribution in [3.63, 3.8) is 0 Å². The highest BCUT2D eigenvalue weighted by molar-refractivity contribution is 5.81. The third kappa shape index (κ3) is 5.18. The highest BCUT2D eigenvalue weighted by Crippen LogP contribution is 2.47. The number of alkyl halides is 1. The predicted octanol–water partition coefficient (Wildman–Crippen LogP) is 0.678. The van der Waals surface area contributed by atoms with Crippen molar-refractivity contribution in [1.29, 1.82) is 0 Å². The van der Waals surface area contributed by atoms with Crippen LogP contribution in [0, 0.1) is 6.92 Å². The number of alkyl carbamates (subject to hydrolysis) is 1. The highest BCUT2D eigenvalue weighted by Gasteiger charge is 2.63. The van der Waals surface area contributed by atoms with Gasteiger partial charge >= 0.3 is 17.8 Å². The van der Waals surface area contributed by atoms with E-state index in [1.54, 1.807) is 20.8 Å². The molecule has 1 aromatic rings. The molecule has 5 atom stereocenters. The van der Waals surface area contributed by atoms with E-state index in [1.165, 1.54) is 13.8 Å². The molecule has 11 nitrogen and oxygen atoms in total. The SMILES string of the molecule is Cc1cn([C@H]2O[C@H](COC(=O)C(C)NC(=O)OC(C)(C)C)[C@](C)(O)[C@@]2(C)F)c(=O)[nH]c1=O. The summed E-state index contributed by atoms with van der Waals surface area (Å²) >= 11 is 0. The Hall–Kier alpha value is -2.73. The van der Waals surface area contributed by atoms with Gasteiger partial charge in [-0.25, -0.2) is 18.8 Å².